The average Bonchev–Trinajstić information content (AvgIpc) is 2.64. The predicted octanol–water partition coefficient (Wildman–Crippen LogP) is 1.72. The van der Waals surface area contributed by atoms with E-state index in [0.29, 0.717) is 10.5 Å². The number of hydrogen-bond acceptors (Lipinski definition) is 5. The molecule has 2 unspecified atom stereocenters. The Balaban J connectivity index is 1.90. The molecule has 1 aromatic heterocycles. The first-order valence-electron chi connectivity index (χ1n) is 6.14. The number of rotatable bonds is 4. The van der Waals surface area contributed by atoms with Crippen molar-refractivity contribution in [1.29, 1.82) is 0 Å². The van der Waals surface area contributed by atoms with Crippen LogP contribution in [0.3, 0.4) is 0 Å². The van der Waals surface area contributed by atoms with E-state index in [4.69, 9.17) is 4.52 Å². The number of thioether (sulfide) groups is 1. The number of hydrogen-bond donors (Lipinski definition) is 1. The summed E-state index contributed by atoms with van der Waals surface area (Å²) in [5, 5.41) is 8.53. The van der Waals surface area contributed by atoms with Crippen molar-refractivity contribution < 1.29 is 4.52 Å². The van der Waals surface area contributed by atoms with Crippen LogP contribution in [0.5, 0.6) is 0 Å². The van der Waals surface area contributed by atoms with E-state index in [1.54, 1.807) is 0 Å². The Morgan fingerprint density at radius 3 is 2.82 bits per heavy atom. The fourth-order valence-corrected chi connectivity index (χ4v) is 3.72. The Morgan fingerprint density at radius 2 is 2.18 bits per heavy atom. The molecule has 1 aromatic rings. The number of nitrogens with one attached hydrogen (secondary N) is 1. The summed E-state index contributed by atoms with van der Waals surface area (Å²) in [5.41, 5.74) is 0.981. The second-order valence-electron chi connectivity index (χ2n) is 4.77. The van der Waals surface area contributed by atoms with Gasteiger partial charge in [-0.25, -0.2) is 0 Å². The Morgan fingerprint density at radius 1 is 1.47 bits per heavy atom. The lowest BCUT2D eigenvalue weighted by molar-refractivity contribution is 0.228. The van der Waals surface area contributed by atoms with Crippen LogP contribution in [0, 0.1) is 0 Å². The maximum atomic E-state index is 5.35. The first-order chi connectivity index (χ1) is 8.17. The van der Waals surface area contributed by atoms with Crippen molar-refractivity contribution in [2.24, 2.45) is 0 Å². The zero-order valence-corrected chi connectivity index (χ0v) is 11.6. The van der Waals surface area contributed by atoms with Crippen molar-refractivity contribution in [2.45, 2.75) is 37.4 Å². The molecular formula is C12H21N3OS. The van der Waals surface area contributed by atoms with Crippen LogP contribution in [-0.4, -0.2) is 40.7 Å². The molecule has 1 fully saturated rings. The minimum atomic E-state index is 0.707. The van der Waals surface area contributed by atoms with E-state index in [9.17, 15) is 0 Å². The zero-order chi connectivity index (χ0) is 12.3. The summed E-state index contributed by atoms with van der Waals surface area (Å²) in [6, 6.07) is 2.05. The van der Waals surface area contributed by atoms with Gasteiger partial charge in [0.15, 0.2) is 5.76 Å². The fourth-order valence-electron chi connectivity index (χ4n) is 2.33. The lowest BCUT2D eigenvalue weighted by Gasteiger charge is -2.33. The van der Waals surface area contributed by atoms with Gasteiger partial charge < -0.3 is 9.84 Å². The van der Waals surface area contributed by atoms with Crippen molar-refractivity contribution in [3.8, 4) is 0 Å². The summed E-state index contributed by atoms with van der Waals surface area (Å²) < 4.78 is 5.35. The normalized spacial score (nSPS) is 26.3. The van der Waals surface area contributed by atoms with Crippen LogP contribution in [0.25, 0.3) is 0 Å². The van der Waals surface area contributed by atoms with E-state index in [1.807, 2.05) is 13.1 Å². The Kier molecular flexibility index (Phi) is 4.48. The molecule has 0 bridgehead atoms. The fraction of sp³-hybridized carbons (Fsp3) is 0.750. The molecule has 96 valence electrons. The Bertz CT molecular complexity index is 345. The first-order valence-corrected chi connectivity index (χ1v) is 7.08. The number of nitrogens with zero attached hydrogens (tertiary/aromatic N) is 2. The van der Waals surface area contributed by atoms with Crippen molar-refractivity contribution in [2.75, 3.05) is 20.1 Å². The molecule has 0 aliphatic carbocycles. The average molecular weight is 255 g/mol. The van der Waals surface area contributed by atoms with E-state index in [1.165, 1.54) is 0 Å². The molecule has 0 aromatic carbocycles. The van der Waals surface area contributed by atoms with Gasteiger partial charge in [-0.3, -0.25) is 4.90 Å². The highest BCUT2D eigenvalue weighted by atomic mass is 32.2. The molecule has 4 nitrogen and oxygen atoms in total. The van der Waals surface area contributed by atoms with Gasteiger partial charge in [0.05, 0.1) is 12.2 Å². The van der Waals surface area contributed by atoms with Crippen molar-refractivity contribution in [1.82, 2.24) is 15.4 Å². The van der Waals surface area contributed by atoms with E-state index in [0.717, 1.165) is 37.6 Å². The molecule has 1 aliphatic rings. The van der Waals surface area contributed by atoms with Crippen molar-refractivity contribution in [3.63, 3.8) is 0 Å². The SMILES string of the molecule is CNCc1cc(CN2CC(C)SC(C)C2)on1. The molecule has 0 radical (unpaired) electrons. The quantitative estimate of drug-likeness (QED) is 0.887. The monoisotopic (exact) mass is 255 g/mol. The molecule has 1 aliphatic heterocycles. The predicted molar refractivity (Wildman–Crippen MR) is 71.1 cm³/mol. The summed E-state index contributed by atoms with van der Waals surface area (Å²) >= 11 is 2.07. The number of aromatic nitrogens is 1. The summed E-state index contributed by atoms with van der Waals surface area (Å²) in [7, 11) is 1.92. The van der Waals surface area contributed by atoms with Gasteiger partial charge in [-0.15, -0.1) is 0 Å². The minimum Gasteiger partial charge on any atom is -0.360 e. The molecule has 2 rings (SSSR count). The van der Waals surface area contributed by atoms with Crippen LogP contribution >= 0.6 is 11.8 Å². The molecular weight excluding hydrogens is 234 g/mol. The van der Waals surface area contributed by atoms with E-state index >= 15 is 0 Å². The topological polar surface area (TPSA) is 41.3 Å². The third kappa shape index (κ3) is 3.72. The zero-order valence-electron chi connectivity index (χ0n) is 10.8. The maximum absolute atomic E-state index is 5.35. The van der Waals surface area contributed by atoms with Gasteiger partial charge >= 0.3 is 0 Å². The highest BCUT2D eigenvalue weighted by Gasteiger charge is 2.23. The second-order valence-corrected chi connectivity index (χ2v) is 6.65. The van der Waals surface area contributed by atoms with E-state index in [2.05, 4.69) is 41.0 Å². The van der Waals surface area contributed by atoms with Gasteiger partial charge in [-0.1, -0.05) is 19.0 Å². The summed E-state index contributed by atoms with van der Waals surface area (Å²) in [6.07, 6.45) is 0. The maximum Gasteiger partial charge on any atom is 0.151 e. The van der Waals surface area contributed by atoms with Gasteiger partial charge in [0.25, 0.3) is 0 Å². The summed E-state index contributed by atoms with van der Waals surface area (Å²) in [5.74, 6) is 0.974. The Hall–Kier alpha value is -0.520. The minimum absolute atomic E-state index is 0.707. The molecule has 1 N–H and O–H groups in total. The molecule has 5 heteroatoms. The second kappa shape index (κ2) is 5.89. The van der Waals surface area contributed by atoms with Crippen LogP contribution in [0.2, 0.25) is 0 Å². The van der Waals surface area contributed by atoms with Gasteiger partial charge in [0, 0.05) is 36.2 Å². The largest absolute Gasteiger partial charge is 0.360 e. The van der Waals surface area contributed by atoms with Crippen LogP contribution in [0.4, 0.5) is 0 Å². The molecule has 0 spiro atoms. The lowest BCUT2D eigenvalue weighted by atomic mass is 10.3. The first kappa shape index (κ1) is 12.9. The molecule has 0 amide bonds. The summed E-state index contributed by atoms with van der Waals surface area (Å²) in [4.78, 5) is 2.45. The highest BCUT2D eigenvalue weighted by Crippen LogP contribution is 2.25. The van der Waals surface area contributed by atoms with Gasteiger partial charge in [0.2, 0.25) is 0 Å². The highest BCUT2D eigenvalue weighted by molar-refractivity contribution is 8.00. The lowest BCUT2D eigenvalue weighted by Crippen LogP contribution is -2.39. The van der Waals surface area contributed by atoms with Gasteiger partial charge in [-0.05, 0) is 7.05 Å². The van der Waals surface area contributed by atoms with Crippen molar-refractivity contribution >= 4 is 11.8 Å². The molecule has 2 heterocycles. The van der Waals surface area contributed by atoms with Crippen LogP contribution in [0.1, 0.15) is 25.3 Å². The van der Waals surface area contributed by atoms with Crippen LogP contribution in [-0.2, 0) is 13.1 Å². The molecule has 1 saturated heterocycles. The van der Waals surface area contributed by atoms with E-state index in [-0.39, 0.29) is 0 Å². The van der Waals surface area contributed by atoms with Gasteiger partial charge in [-0.2, -0.15) is 11.8 Å². The van der Waals surface area contributed by atoms with E-state index < -0.39 is 0 Å². The van der Waals surface area contributed by atoms with Crippen LogP contribution in [0.15, 0.2) is 10.6 Å². The van der Waals surface area contributed by atoms with Crippen molar-refractivity contribution in [3.05, 3.63) is 17.5 Å². The molecule has 0 saturated carbocycles. The summed E-state index contributed by atoms with van der Waals surface area (Å²) in [6.45, 7) is 8.51. The third-order valence-electron chi connectivity index (χ3n) is 2.84. The van der Waals surface area contributed by atoms with Crippen LogP contribution < -0.4 is 5.32 Å². The third-order valence-corrected chi connectivity index (χ3v) is 4.07. The Labute approximate surface area is 107 Å². The smallest absolute Gasteiger partial charge is 0.151 e. The molecule has 17 heavy (non-hydrogen) atoms. The standard InChI is InChI=1S/C12H21N3OS/c1-9-6-15(7-10(2)17-9)8-12-4-11(5-13-3)14-16-12/h4,9-10,13H,5-8H2,1-3H3. The molecule has 2 atom stereocenters. The van der Waals surface area contributed by atoms with Gasteiger partial charge in [0.1, 0.15) is 0 Å².